The van der Waals surface area contributed by atoms with Crippen molar-refractivity contribution in [3.05, 3.63) is 0 Å². The minimum atomic E-state index is -1.26. The van der Waals surface area contributed by atoms with Crippen LogP contribution in [-0.2, 0) is 4.74 Å². The number of hydrogen-bond acceptors (Lipinski definition) is 6. The molecule has 0 radical (unpaired) electrons. The maximum absolute atomic E-state index is 9.42. The first-order valence-electron chi connectivity index (χ1n) is 4.51. The van der Waals surface area contributed by atoms with Crippen molar-refractivity contribution in [2.24, 2.45) is 0 Å². The topological polar surface area (TPSA) is 110 Å². The van der Waals surface area contributed by atoms with Crippen molar-refractivity contribution in [3.63, 3.8) is 0 Å². The van der Waals surface area contributed by atoms with Crippen molar-refractivity contribution in [1.29, 1.82) is 0 Å². The van der Waals surface area contributed by atoms with Crippen LogP contribution in [0.4, 0.5) is 0 Å². The Bertz CT molecular complexity index is 173. The number of ether oxygens (including phenoxy) is 1. The summed E-state index contributed by atoms with van der Waals surface area (Å²) in [6, 6.07) is 0. The highest BCUT2D eigenvalue weighted by Crippen LogP contribution is 2.22. The predicted molar refractivity (Wildman–Crippen MR) is 45.5 cm³/mol. The maximum atomic E-state index is 9.42. The second kappa shape index (κ2) is 5.01. The van der Waals surface area contributed by atoms with Gasteiger partial charge in [-0.1, -0.05) is 0 Å². The molecule has 1 fully saturated rings. The minimum Gasteiger partial charge on any atom is -0.394 e. The van der Waals surface area contributed by atoms with Gasteiger partial charge in [0.2, 0.25) is 0 Å². The standard InChI is InChI=1S/C8H16O6/c9-2-4-1-5(11)7(13)8(14-4)6(12)3-10/h4-13H,1-3H2/t4?,5-,6-,7-,8-/m1/s1. The number of aliphatic hydroxyl groups excluding tert-OH is 5. The van der Waals surface area contributed by atoms with E-state index in [1.54, 1.807) is 0 Å². The summed E-state index contributed by atoms with van der Waals surface area (Å²) >= 11 is 0. The first-order chi connectivity index (χ1) is 6.60. The Hall–Kier alpha value is -0.240. The van der Waals surface area contributed by atoms with E-state index in [1.807, 2.05) is 0 Å². The third-order valence-electron chi connectivity index (χ3n) is 2.35. The van der Waals surface area contributed by atoms with Crippen LogP contribution in [0.2, 0.25) is 0 Å². The lowest BCUT2D eigenvalue weighted by atomic mass is 9.95. The molecule has 1 aliphatic heterocycles. The van der Waals surface area contributed by atoms with Gasteiger partial charge in [-0.15, -0.1) is 0 Å². The van der Waals surface area contributed by atoms with Gasteiger partial charge in [-0.25, -0.2) is 0 Å². The van der Waals surface area contributed by atoms with E-state index in [0.717, 1.165) is 0 Å². The van der Waals surface area contributed by atoms with Gasteiger partial charge in [0.1, 0.15) is 18.3 Å². The van der Waals surface area contributed by atoms with Crippen LogP contribution in [0.3, 0.4) is 0 Å². The van der Waals surface area contributed by atoms with E-state index in [2.05, 4.69) is 0 Å². The molecule has 0 amide bonds. The molecule has 84 valence electrons. The molecule has 1 rings (SSSR count). The third kappa shape index (κ3) is 2.41. The second-order valence-corrected chi connectivity index (χ2v) is 3.45. The van der Waals surface area contributed by atoms with Gasteiger partial charge in [0, 0.05) is 6.42 Å². The molecule has 0 aromatic rings. The van der Waals surface area contributed by atoms with Crippen molar-refractivity contribution in [2.45, 2.75) is 36.9 Å². The molecule has 5 atom stereocenters. The SMILES string of the molecule is OCC1C[C@@H](O)[C@@H](O)[C@@H]([C@H](O)CO)O1. The molecule has 6 nitrogen and oxygen atoms in total. The summed E-state index contributed by atoms with van der Waals surface area (Å²) in [4.78, 5) is 0. The van der Waals surface area contributed by atoms with Crippen LogP contribution < -0.4 is 0 Å². The summed E-state index contributed by atoms with van der Waals surface area (Å²) in [5.41, 5.74) is 0. The Morgan fingerprint density at radius 2 is 1.93 bits per heavy atom. The van der Waals surface area contributed by atoms with E-state index >= 15 is 0 Å². The molecule has 1 aliphatic rings. The Kier molecular flexibility index (Phi) is 4.24. The number of rotatable bonds is 3. The normalized spacial score (nSPS) is 40.9. The molecule has 0 spiro atoms. The van der Waals surface area contributed by atoms with Gasteiger partial charge in [0.05, 0.1) is 25.4 Å². The lowest BCUT2D eigenvalue weighted by Gasteiger charge is -2.38. The molecule has 0 aliphatic carbocycles. The summed E-state index contributed by atoms with van der Waals surface area (Å²) in [5.74, 6) is 0. The lowest BCUT2D eigenvalue weighted by molar-refractivity contribution is -0.210. The molecule has 5 N–H and O–H groups in total. The Balaban J connectivity index is 2.62. The minimum absolute atomic E-state index is 0.117. The number of hydrogen-bond donors (Lipinski definition) is 5. The fourth-order valence-electron chi connectivity index (χ4n) is 1.53. The fourth-order valence-corrected chi connectivity index (χ4v) is 1.53. The highest BCUT2D eigenvalue weighted by Gasteiger charge is 2.39. The fraction of sp³-hybridized carbons (Fsp3) is 1.00. The van der Waals surface area contributed by atoms with Gasteiger partial charge in [-0.2, -0.15) is 0 Å². The largest absolute Gasteiger partial charge is 0.394 e. The lowest BCUT2D eigenvalue weighted by Crippen LogP contribution is -2.54. The summed E-state index contributed by atoms with van der Waals surface area (Å²) in [7, 11) is 0. The zero-order chi connectivity index (χ0) is 10.7. The van der Waals surface area contributed by atoms with Gasteiger partial charge in [-0.05, 0) is 0 Å². The van der Waals surface area contributed by atoms with E-state index in [1.165, 1.54) is 0 Å². The Morgan fingerprint density at radius 1 is 1.29 bits per heavy atom. The van der Waals surface area contributed by atoms with Crippen molar-refractivity contribution < 1.29 is 30.3 Å². The van der Waals surface area contributed by atoms with Crippen molar-refractivity contribution in [2.75, 3.05) is 13.2 Å². The molecular weight excluding hydrogens is 192 g/mol. The zero-order valence-electron chi connectivity index (χ0n) is 7.65. The quantitative estimate of drug-likeness (QED) is 0.343. The predicted octanol–water partition coefficient (Wildman–Crippen LogP) is -2.79. The first-order valence-corrected chi connectivity index (χ1v) is 4.51. The van der Waals surface area contributed by atoms with Crippen LogP contribution in [0, 0.1) is 0 Å². The summed E-state index contributed by atoms with van der Waals surface area (Å²) < 4.78 is 5.10. The van der Waals surface area contributed by atoms with Gasteiger partial charge in [0.25, 0.3) is 0 Å². The molecule has 1 unspecified atom stereocenters. The van der Waals surface area contributed by atoms with E-state index in [-0.39, 0.29) is 13.0 Å². The van der Waals surface area contributed by atoms with Crippen LogP contribution >= 0.6 is 0 Å². The molecule has 0 saturated carbocycles. The highest BCUT2D eigenvalue weighted by atomic mass is 16.5. The molecular formula is C8H16O6. The van der Waals surface area contributed by atoms with Gasteiger partial charge in [-0.3, -0.25) is 0 Å². The van der Waals surface area contributed by atoms with E-state index in [9.17, 15) is 15.3 Å². The maximum Gasteiger partial charge on any atom is 0.114 e. The first kappa shape index (κ1) is 11.8. The summed E-state index contributed by atoms with van der Waals surface area (Å²) in [6.45, 7) is -0.856. The molecule has 0 aromatic carbocycles. The second-order valence-electron chi connectivity index (χ2n) is 3.45. The van der Waals surface area contributed by atoms with Gasteiger partial charge >= 0.3 is 0 Å². The van der Waals surface area contributed by atoms with Crippen LogP contribution in [0.25, 0.3) is 0 Å². The van der Waals surface area contributed by atoms with E-state index < -0.39 is 37.1 Å². The summed E-state index contributed by atoms with van der Waals surface area (Å²) in [5, 5.41) is 45.5. The van der Waals surface area contributed by atoms with Crippen LogP contribution in [0.5, 0.6) is 0 Å². The van der Waals surface area contributed by atoms with E-state index in [0.29, 0.717) is 0 Å². The molecule has 1 saturated heterocycles. The molecule has 0 bridgehead atoms. The van der Waals surface area contributed by atoms with Gasteiger partial charge < -0.3 is 30.3 Å². The average Bonchev–Trinajstić information content (AvgIpc) is 2.20. The summed E-state index contributed by atoms with van der Waals surface area (Å²) in [6.07, 6.45) is -5.09. The van der Waals surface area contributed by atoms with Crippen LogP contribution in [0.15, 0.2) is 0 Å². The molecule has 0 aromatic heterocycles. The number of aliphatic hydroxyl groups is 5. The van der Waals surface area contributed by atoms with Crippen molar-refractivity contribution in [1.82, 2.24) is 0 Å². The molecule has 6 heteroatoms. The van der Waals surface area contributed by atoms with Gasteiger partial charge in [0.15, 0.2) is 0 Å². The van der Waals surface area contributed by atoms with E-state index in [4.69, 9.17) is 14.9 Å². The monoisotopic (exact) mass is 208 g/mol. The molecule has 14 heavy (non-hydrogen) atoms. The zero-order valence-corrected chi connectivity index (χ0v) is 7.65. The average molecular weight is 208 g/mol. The van der Waals surface area contributed by atoms with Crippen LogP contribution in [0.1, 0.15) is 6.42 Å². The third-order valence-corrected chi connectivity index (χ3v) is 2.35. The van der Waals surface area contributed by atoms with Crippen LogP contribution in [-0.4, -0.2) is 69.3 Å². The van der Waals surface area contributed by atoms with Crippen molar-refractivity contribution >= 4 is 0 Å². The smallest absolute Gasteiger partial charge is 0.114 e. The molecule has 1 heterocycles. The Labute approximate surface area is 81.4 Å². The Morgan fingerprint density at radius 3 is 2.43 bits per heavy atom. The van der Waals surface area contributed by atoms with Crippen molar-refractivity contribution in [3.8, 4) is 0 Å². The highest BCUT2D eigenvalue weighted by molar-refractivity contribution is 4.88.